The van der Waals surface area contributed by atoms with E-state index in [4.69, 9.17) is 9.26 Å². The second-order valence-corrected chi connectivity index (χ2v) is 6.96. The zero-order chi connectivity index (χ0) is 21.0. The fraction of sp³-hybridized carbons (Fsp3) is 0.333. The number of pyridine rings is 1. The molecule has 2 heterocycles. The first-order chi connectivity index (χ1) is 13.9. The normalized spacial score (nSPS) is 10.9. The van der Waals surface area contributed by atoms with Gasteiger partial charge in [-0.3, -0.25) is 9.59 Å². The third kappa shape index (κ3) is 4.97. The first kappa shape index (κ1) is 20.5. The summed E-state index contributed by atoms with van der Waals surface area (Å²) >= 11 is 0. The summed E-state index contributed by atoms with van der Waals surface area (Å²) in [6.07, 6.45) is 2.07. The molecule has 0 aliphatic rings. The number of hydrogen-bond donors (Lipinski definition) is 1. The van der Waals surface area contributed by atoms with Crippen molar-refractivity contribution in [1.29, 1.82) is 0 Å². The Balaban J connectivity index is 1.77. The van der Waals surface area contributed by atoms with Crippen LogP contribution in [0.2, 0.25) is 0 Å². The molecular weight excluding hydrogens is 372 g/mol. The Hall–Kier alpha value is -3.26. The molecule has 3 rings (SSSR count). The Morgan fingerprint density at radius 3 is 2.62 bits per heavy atom. The Kier molecular flexibility index (Phi) is 6.23. The standard InChI is InChI=1S/C21H24N4O4/c1-13-9-14(2)20(15(3)10-13)23-18(26)12-25-11-16(5-6-19(25)27)21-22-17(24-29-21)7-8-28-4/h5-6,9-11H,7-8,12H2,1-4H3,(H,23,26). The van der Waals surface area contributed by atoms with E-state index in [1.807, 2.05) is 32.9 Å². The molecule has 3 aromatic rings. The summed E-state index contributed by atoms with van der Waals surface area (Å²) in [4.78, 5) is 29.1. The van der Waals surface area contributed by atoms with Gasteiger partial charge in [-0.15, -0.1) is 0 Å². The van der Waals surface area contributed by atoms with Gasteiger partial charge in [0.15, 0.2) is 5.82 Å². The molecule has 1 aromatic carbocycles. The lowest BCUT2D eigenvalue weighted by molar-refractivity contribution is -0.116. The number of aromatic nitrogens is 3. The van der Waals surface area contributed by atoms with Gasteiger partial charge in [0.25, 0.3) is 11.4 Å². The number of nitrogens with one attached hydrogen (secondary N) is 1. The molecular formula is C21H24N4O4. The van der Waals surface area contributed by atoms with Crippen LogP contribution in [0.1, 0.15) is 22.5 Å². The zero-order valence-electron chi connectivity index (χ0n) is 17.0. The van der Waals surface area contributed by atoms with Gasteiger partial charge in [0.1, 0.15) is 6.54 Å². The molecule has 1 N–H and O–H groups in total. The highest BCUT2D eigenvalue weighted by Crippen LogP contribution is 2.22. The van der Waals surface area contributed by atoms with Gasteiger partial charge in [-0.25, -0.2) is 0 Å². The van der Waals surface area contributed by atoms with Crippen LogP contribution in [0.25, 0.3) is 11.5 Å². The molecule has 2 aromatic heterocycles. The van der Waals surface area contributed by atoms with Crippen LogP contribution in [0.15, 0.2) is 39.8 Å². The van der Waals surface area contributed by atoms with Crippen molar-refractivity contribution in [2.75, 3.05) is 19.0 Å². The Labute approximate surface area is 168 Å². The highest BCUT2D eigenvalue weighted by Gasteiger charge is 2.13. The number of aryl methyl sites for hydroxylation is 3. The Bertz CT molecular complexity index is 1060. The van der Waals surface area contributed by atoms with Crippen LogP contribution in [0.5, 0.6) is 0 Å². The van der Waals surface area contributed by atoms with E-state index >= 15 is 0 Å². The van der Waals surface area contributed by atoms with Crippen LogP contribution < -0.4 is 10.9 Å². The average Bonchev–Trinajstić information content (AvgIpc) is 3.13. The number of ether oxygens (including phenoxy) is 1. The predicted molar refractivity (Wildman–Crippen MR) is 109 cm³/mol. The van der Waals surface area contributed by atoms with Gasteiger partial charge in [0, 0.05) is 31.5 Å². The van der Waals surface area contributed by atoms with E-state index < -0.39 is 0 Å². The van der Waals surface area contributed by atoms with E-state index in [0.29, 0.717) is 24.4 Å². The first-order valence-electron chi connectivity index (χ1n) is 9.27. The van der Waals surface area contributed by atoms with Gasteiger partial charge in [-0.05, 0) is 38.0 Å². The molecule has 8 nitrogen and oxygen atoms in total. The number of nitrogens with zero attached hydrogens (tertiary/aromatic N) is 3. The minimum absolute atomic E-state index is 0.121. The molecule has 0 aliphatic heterocycles. The van der Waals surface area contributed by atoms with Gasteiger partial charge in [-0.2, -0.15) is 4.98 Å². The molecule has 152 valence electrons. The van der Waals surface area contributed by atoms with Crippen LogP contribution in [0.4, 0.5) is 5.69 Å². The van der Waals surface area contributed by atoms with Crippen molar-refractivity contribution in [2.45, 2.75) is 33.7 Å². The SMILES string of the molecule is COCCc1noc(-c2ccc(=O)n(CC(=O)Nc3c(C)cc(C)cc3C)c2)n1. The maximum absolute atomic E-state index is 12.6. The van der Waals surface area contributed by atoms with E-state index in [0.717, 1.165) is 22.4 Å². The zero-order valence-corrected chi connectivity index (χ0v) is 17.0. The summed E-state index contributed by atoms with van der Waals surface area (Å²) in [6, 6.07) is 6.99. The molecule has 0 spiro atoms. The number of benzene rings is 1. The number of hydrogen-bond acceptors (Lipinski definition) is 6. The Morgan fingerprint density at radius 1 is 1.21 bits per heavy atom. The molecule has 0 saturated carbocycles. The summed E-state index contributed by atoms with van der Waals surface area (Å²) in [5.41, 5.74) is 4.13. The lowest BCUT2D eigenvalue weighted by Gasteiger charge is -2.13. The Morgan fingerprint density at radius 2 is 1.93 bits per heavy atom. The van der Waals surface area contributed by atoms with Crippen molar-refractivity contribution in [3.8, 4) is 11.5 Å². The highest BCUT2D eigenvalue weighted by atomic mass is 16.5. The van der Waals surface area contributed by atoms with E-state index in [-0.39, 0.29) is 23.9 Å². The summed E-state index contributed by atoms with van der Waals surface area (Å²) in [5, 5.41) is 6.80. The molecule has 8 heteroatoms. The van der Waals surface area contributed by atoms with Crippen molar-refractivity contribution in [1.82, 2.24) is 14.7 Å². The number of rotatable bonds is 7. The van der Waals surface area contributed by atoms with Crippen LogP contribution in [-0.4, -0.2) is 34.3 Å². The summed E-state index contributed by atoms with van der Waals surface area (Å²) in [6.45, 7) is 6.26. The van der Waals surface area contributed by atoms with Gasteiger partial charge in [0.2, 0.25) is 5.91 Å². The molecule has 1 amide bonds. The second kappa shape index (κ2) is 8.83. The van der Waals surface area contributed by atoms with Crippen molar-refractivity contribution < 1.29 is 14.1 Å². The lowest BCUT2D eigenvalue weighted by atomic mass is 10.1. The first-order valence-corrected chi connectivity index (χ1v) is 9.27. The predicted octanol–water partition coefficient (Wildman–Crippen LogP) is 2.65. The van der Waals surface area contributed by atoms with E-state index in [2.05, 4.69) is 15.5 Å². The van der Waals surface area contributed by atoms with E-state index in [1.165, 1.54) is 10.6 Å². The number of carbonyl (C=O) groups is 1. The summed E-state index contributed by atoms with van der Waals surface area (Å²) in [7, 11) is 1.60. The summed E-state index contributed by atoms with van der Waals surface area (Å²) in [5.74, 6) is 0.517. The largest absolute Gasteiger partial charge is 0.384 e. The van der Waals surface area contributed by atoms with Gasteiger partial charge < -0.3 is 19.1 Å². The van der Waals surface area contributed by atoms with Crippen molar-refractivity contribution >= 4 is 11.6 Å². The van der Waals surface area contributed by atoms with Crippen LogP contribution in [-0.2, 0) is 22.5 Å². The number of amides is 1. The molecule has 0 aliphatic carbocycles. The third-order valence-corrected chi connectivity index (χ3v) is 4.48. The molecule has 0 fully saturated rings. The van der Waals surface area contributed by atoms with Gasteiger partial charge >= 0.3 is 0 Å². The van der Waals surface area contributed by atoms with Crippen LogP contribution in [0, 0.1) is 20.8 Å². The monoisotopic (exact) mass is 396 g/mol. The molecule has 29 heavy (non-hydrogen) atoms. The second-order valence-electron chi connectivity index (χ2n) is 6.96. The average molecular weight is 396 g/mol. The quantitative estimate of drug-likeness (QED) is 0.659. The minimum atomic E-state index is -0.291. The maximum Gasteiger partial charge on any atom is 0.259 e. The number of anilines is 1. The van der Waals surface area contributed by atoms with Crippen molar-refractivity contribution in [3.63, 3.8) is 0 Å². The van der Waals surface area contributed by atoms with Crippen molar-refractivity contribution in [3.05, 3.63) is 63.3 Å². The lowest BCUT2D eigenvalue weighted by Crippen LogP contribution is -2.27. The topological polar surface area (TPSA) is 99.3 Å². The maximum atomic E-state index is 12.6. The van der Waals surface area contributed by atoms with Crippen molar-refractivity contribution in [2.24, 2.45) is 0 Å². The fourth-order valence-corrected chi connectivity index (χ4v) is 3.16. The molecule has 0 radical (unpaired) electrons. The molecule has 0 saturated heterocycles. The molecule has 0 unspecified atom stereocenters. The molecule has 0 bridgehead atoms. The van der Waals surface area contributed by atoms with Gasteiger partial charge in [-0.1, -0.05) is 22.9 Å². The fourth-order valence-electron chi connectivity index (χ4n) is 3.16. The van der Waals surface area contributed by atoms with E-state index in [9.17, 15) is 9.59 Å². The van der Waals surface area contributed by atoms with Crippen LogP contribution >= 0.6 is 0 Å². The number of methoxy groups -OCH3 is 1. The number of carbonyl (C=O) groups excluding carboxylic acids is 1. The van der Waals surface area contributed by atoms with E-state index in [1.54, 1.807) is 19.4 Å². The minimum Gasteiger partial charge on any atom is -0.384 e. The smallest absolute Gasteiger partial charge is 0.259 e. The van der Waals surface area contributed by atoms with Gasteiger partial charge in [0.05, 0.1) is 12.2 Å². The highest BCUT2D eigenvalue weighted by molar-refractivity contribution is 5.92. The molecule has 0 atom stereocenters. The third-order valence-electron chi connectivity index (χ3n) is 4.48. The summed E-state index contributed by atoms with van der Waals surface area (Å²) < 4.78 is 11.6. The van der Waals surface area contributed by atoms with Crippen LogP contribution in [0.3, 0.4) is 0 Å².